The molecular formula is C17H23N3O3. The lowest BCUT2D eigenvalue weighted by atomic mass is 10.0. The Bertz CT molecular complexity index is 580. The summed E-state index contributed by atoms with van der Waals surface area (Å²) in [6, 6.07) is 6.56. The molecule has 6 heteroatoms. The molecule has 1 saturated heterocycles. The van der Waals surface area contributed by atoms with E-state index in [9.17, 15) is 14.4 Å². The number of rotatable bonds is 6. The number of nitrogens with two attached hydrogens (primary N) is 1. The van der Waals surface area contributed by atoms with Crippen molar-refractivity contribution in [2.75, 3.05) is 5.32 Å². The number of carbonyl (C=O) groups excluding carboxylic acids is 3. The van der Waals surface area contributed by atoms with Gasteiger partial charge in [-0.05, 0) is 30.0 Å². The molecule has 0 bridgehead atoms. The fraction of sp³-hybridized carbons (Fsp3) is 0.471. The predicted molar refractivity (Wildman–Crippen MR) is 87.3 cm³/mol. The molecule has 3 amide bonds. The Labute approximate surface area is 136 Å². The molecule has 0 spiro atoms. The Morgan fingerprint density at radius 1 is 1.17 bits per heavy atom. The highest BCUT2D eigenvalue weighted by Gasteiger charge is 2.28. The molecule has 1 heterocycles. The number of amides is 3. The van der Waals surface area contributed by atoms with Crippen LogP contribution in [-0.4, -0.2) is 28.7 Å². The average Bonchev–Trinajstić information content (AvgIpc) is 2.80. The number of nitrogens with zero attached hydrogens (tertiary/aromatic N) is 1. The first-order valence-corrected chi connectivity index (χ1v) is 7.85. The zero-order valence-corrected chi connectivity index (χ0v) is 13.5. The molecule has 1 fully saturated rings. The first kappa shape index (κ1) is 17.1. The van der Waals surface area contributed by atoms with Crippen molar-refractivity contribution < 1.29 is 14.4 Å². The molecule has 0 saturated carbocycles. The van der Waals surface area contributed by atoms with Crippen molar-refractivity contribution in [1.82, 2.24) is 4.90 Å². The predicted octanol–water partition coefficient (Wildman–Crippen LogP) is 1.65. The van der Waals surface area contributed by atoms with E-state index in [0.717, 1.165) is 5.56 Å². The van der Waals surface area contributed by atoms with Crippen molar-refractivity contribution in [2.24, 2.45) is 11.7 Å². The molecule has 2 rings (SSSR count). The van der Waals surface area contributed by atoms with Crippen molar-refractivity contribution in [3.63, 3.8) is 0 Å². The molecule has 6 nitrogen and oxygen atoms in total. The fourth-order valence-corrected chi connectivity index (χ4v) is 2.53. The van der Waals surface area contributed by atoms with Crippen LogP contribution in [0.2, 0.25) is 0 Å². The fourth-order valence-electron chi connectivity index (χ4n) is 2.53. The number of hydrogen-bond acceptors (Lipinski definition) is 4. The zero-order chi connectivity index (χ0) is 17.0. The highest BCUT2D eigenvalue weighted by Crippen LogP contribution is 2.17. The van der Waals surface area contributed by atoms with Gasteiger partial charge in [0, 0.05) is 18.5 Å². The van der Waals surface area contributed by atoms with Crippen LogP contribution in [0, 0.1) is 5.92 Å². The van der Waals surface area contributed by atoms with Gasteiger partial charge in [-0.2, -0.15) is 0 Å². The van der Waals surface area contributed by atoms with Gasteiger partial charge in [0.25, 0.3) is 0 Å². The van der Waals surface area contributed by atoms with E-state index in [2.05, 4.69) is 5.32 Å². The molecule has 23 heavy (non-hydrogen) atoms. The molecule has 0 aliphatic carbocycles. The Hall–Kier alpha value is -2.21. The third kappa shape index (κ3) is 4.63. The molecule has 1 atom stereocenters. The number of carbonyl (C=O) groups is 3. The molecule has 124 valence electrons. The minimum atomic E-state index is -0.533. The van der Waals surface area contributed by atoms with Crippen LogP contribution in [0.25, 0.3) is 0 Å². The first-order chi connectivity index (χ1) is 10.9. The Morgan fingerprint density at radius 2 is 1.74 bits per heavy atom. The molecular weight excluding hydrogens is 294 g/mol. The summed E-state index contributed by atoms with van der Waals surface area (Å²) >= 11 is 0. The molecule has 0 radical (unpaired) electrons. The number of benzene rings is 1. The highest BCUT2D eigenvalue weighted by molar-refractivity contribution is 6.01. The normalized spacial score (nSPS) is 16.1. The van der Waals surface area contributed by atoms with Crippen LogP contribution in [0.4, 0.5) is 5.69 Å². The van der Waals surface area contributed by atoms with Crippen LogP contribution in [0.1, 0.15) is 38.7 Å². The standard InChI is InChI=1S/C17H23N3O3/c1-11(2)9-14(18)17(23)19-13-5-3-12(4-6-13)10-20-15(21)7-8-16(20)22/h3-6,11,14H,7-10,18H2,1-2H3,(H,19,23)/t14-/m0/s1. The number of nitrogens with one attached hydrogen (secondary N) is 1. The summed E-state index contributed by atoms with van der Waals surface area (Å²) in [7, 11) is 0. The van der Waals surface area contributed by atoms with E-state index in [-0.39, 0.29) is 24.3 Å². The lowest BCUT2D eigenvalue weighted by molar-refractivity contribution is -0.139. The van der Waals surface area contributed by atoms with Gasteiger partial charge in [0.2, 0.25) is 17.7 Å². The van der Waals surface area contributed by atoms with Gasteiger partial charge in [-0.3, -0.25) is 19.3 Å². The van der Waals surface area contributed by atoms with E-state index in [1.165, 1.54) is 4.90 Å². The lowest BCUT2D eigenvalue weighted by Crippen LogP contribution is -2.36. The maximum atomic E-state index is 12.0. The Kier molecular flexibility index (Phi) is 5.50. The Balaban J connectivity index is 1.93. The van der Waals surface area contributed by atoms with Crippen LogP contribution < -0.4 is 11.1 Å². The molecule has 1 aromatic rings. The average molecular weight is 317 g/mol. The first-order valence-electron chi connectivity index (χ1n) is 7.85. The molecule has 1 aromatic carbocycles. The maximum Gasteiger partial charge on any atom is 0.241 e. The van der Waals surface area contributed by atoms with Crippen LogP contribution >= 0.6 is 0 Å². The quantitative estimate of drug-likeness (QED) is 0.780. The van der Waals surface area contributed by atoms with E-state index in [0.29, 0.717) is 30.9 Å². The second-order valence-electron chi connectivity index (χ2n) is 6.30. The summed E-state index contributed by atoms with van der Waals surface area (Å²) in [4.78, 5) is 36.4. The minimum absolute atomic E-state index is 0.132. The van der Waals surface area contributed by atoms with Crippen LogP contribution in [0.5, 0.6) is 0 Å². The van der Waals surface area contributed by atoms with E-state index in [1.807, 2.05) is 13.8 Å². The van der Waals surface area contributed by atoms with E-state index in [4.69, 9.17) is 5.73 Å². The van der Waals surface area contributed by atoms with Crippen LogP contribution in [0.3, 0.4) is 0 Å². The number of hydrogen-bond donors (Lipinski definition) is 2. The third-order valence-electron chi connectivity index (χ3n) is 3.78. The van der Waals surface area contributed by atoms with Gasteiger partial charge in [-0.25, -0.2) is 0 Å². The lowest BCUT2D eigenvalue weighted by Gasteiger charge is -2.15. The van der Waals surface area contributed by atoms with Crippen molar-refractivity contribution in [1.29, 1.82) is 0 Å². The number of anilines is 1. The summed E-state index contributed by atoms with van der Waals surface area (Å²) < 4.78 is 0. The smallest absolute Gasteiger partial charge is 0.241 e. The molecule has 0 aromatic heterocycles. The van der Waals surface area contributed by atoms with Crippen molar-refractivity contribution in [3.05, 3.63) is 29.8 Å². The van der Waals surface area contributed by atoms with Gasteiger partial charge in [-0.15, -0.1) is 0 Å². The molecule has 3 N–H and O–H groups in total. The summed E-state index contributed by atoms with van der Waals surface area (Å²) in [6.07, 6.45) is 1.21. The summed E-state index contributed by atoms with van der Waals surface area (Å²) in [5.74, 6) is -0.121. The number of imide groups is 1. The SMILES string of the molecule is CC(C)C[C@H](N)C(=O)Nc1ccc(CN2C(=O)CCC2=O)cc1. The summed E-state index contributed by atoms with van der Waals surface area (Å²) in [5, 5.41) is 2.77. The van der Waals surface area contributed by atoms with E-state index in [1.54, 1.807) is 24.3 Å². The van der Waals surface area contributed by atoms with Gasteiger partial charge in [-0.1, -0.05) is 26.0 Å². The van der Waals surface area contributed by atoms with Crippen molar-refractivity contribution in [2.45, 2.75) is 45.7 Å². The van der Waals surface area contributed by atoms with E-state index < -0.39 is 6.04 Å². The van der Waals surface area contributed by atoms with Gasteiger partial charge in [0.05, 0.1) is 12.6 Å². The zero-order valence-electron chi connectivity index (χ0n) is 13.5. The second-order valence-corrected chi connectivity index (χ2v) is 6.30. The summed E-state index contributed by atoms with van der Waals surface area (Å²) in [5.41, 5.74) is 7.34. The van der Waals surface area contributed by atoms with Gasteiger partial charge in [0.1, 0.15) is 0 Å². The second kappa shape index (κ2) is 7.37. The Morgan fingerprint density at radius 3 is 2.26 bits per heavy atom. The number of likely N-dealkylation sites (tertiary alicyclic amines) is 1. The van der Waals surface area contributed by atoms with E-state index >= 15 is 0 Å². The van der Waals surface area contributed by atoms with Gasteiger partial charge in [0.15, 0.2) is 0 Å². The van der Waals surface area contributed by atoms with Gasteiger partial charge < -0.3 is 11.1 Å². The molecule has 1 aliphatic heterocycles. The van der Waals surface area contributed by atoms with Crippen LogP contribution in [-0.2, 0) is 20.9 Å². The van der Waals surface area contributed by atoms with Crippen LogP contribution in [0.15, 0.2) is 24.3 Å². The third-order valence-corrected chi connectivity index (χ3v) is 3.78. The monoisotopic (exact) mass is 317 g/mol. The molecule has 1 aliphatic rings. The topological polar surface area (TPSA) is 92.5 Å². The van der Waals surface area contributed by atoms with Gasteiger partial charge >= 0.3 is 0 Å². The summed E-state index contributed by atoms with van der Waals surface area (Å²) in [6.45, 7) is 4.31. The van der Waals surface area contributed by atoms with Crippen molar-refractivity contribution in [3.8, 4) is 0 Å². The highest BCUT2D eigenvalue weighted by atomic mass is 16.2. The molecule has 0 unspecified atom stereocenters. The maximum absolute atomic E-state index is 12.0. The van der Waals surface area contributed by atoms with Crippen molar-refractivity contribution >= 4 is 23.4 Å². The largest absolute Gasteiger partial charge is 0.325 e. The minimum Gasteiger partial charge on any atom is -0.325 e.